The van der Waals surface area contributed by atoms with Gasteiger partial charge in [-0.3, -0.25) is 0 Å². The van der Waals surface area contributed by atoms with Crippen molar-refractivity contribution >= 4 is 0 Å². The zero-order valence-corrected chi connectivity index (χ0v) is 11.1. The molecule has 0 radical (unpaired) electrons. The fourth-order valence-electron chi connectivity index (χ4n) is 2.76. The minimum absolute atomic E-state index is 0.170. The molecule has 1 aromatic rings. The van der Waals surface area contributed by atoms with Crippen LogP contribution in [0.1, 0.15) is 32.1 Å². The van der Waals surface area contributed by atoms with Gasteiger partial charge in [-0.15, -0.1) is 0 Å². The van der Waals surface area contributed by atoms with E-state index in [1.165, 1.54) is 25.8 Å². The van der Waals surface area contributed by atoms with Crippen molar-refractivity contribution in [3.63, 3.8) is 0 Å². The molecule has 2 heterocycles. The highest BCUT2D eigenvalue weighted by Crippen LogP contribution is 2.28. The van der Waals surface area contributed by atoms with E-state index >= 15 is 0 Å². The largest absolute Gasteiger partial charge is 0.460 e. The van der Waals surface area contributed by atoms with E-state index in [-0.39, 0.29) is 6.10 Å². The third kappa shape index (κ3) is 3.41. The van der Waals surface area contributed by atoms with E-state index in [9.17, 15) is 4.39 Å². The topological polar surface area (TPSA) is 38.2 Å². The van der Waals surface area contributed by atoms with Gasteiger partial charge in [0.25, 0.3) is 0 Å². The van der Waals surface area contributed by atoms with Gasteiger partial charge in [0.2, 0.25) is 0 Å². The lowest BCUT2D eigenvalue weighted by molar-refractivity contribution is 0.0745. The summed E-state index contributed by atoms with van der Waals surface area (Å²) in [6.07, 6.45) is 8.69. The predicted octanol–water partition coefficient (Wildman–Crippen LogP) is 2.26. The number of aromatic nitrogens is 2. The molecule has 1 aliphatic heterocycles. The van der Waals surface area contributed by atoms with Crippen LogP contribution < -0.4 is 4.74 Å². The molecule has 2 fully saturated rings. The first-order chi connectivity index (χ1) is 9.29. The molecule has 0 N–H and O–H groups in total. The van der Waals surface area contributed by atoms with Crippen molar-refractivity contribution in [2.24, 2.45) is 5.92 Å². The second-order valence-electron chi connectivity index (χ2n) is 5.60. The molecule has 5 heteroatoms. The Balaban J connectivity index is 1.43. The summed E-state index contributed by atoms with van der Waals surface area (Å²) in [6.45, 7) is 3.42. The molecule has 1 saturated carbocycles. The number of hydrogen-bond donors (Lipinski definition) is 0. The van der Waals surface area contributed by atoms with Crippen LogP contribution in [0.2, 0.25) is 0 Å². The van der Waals surface area contributed by atoms with Crippen molar-refractivity contribution in [3.05, 3.63) is 18.2 Å². The summed E-state index contributed by atoms with van der Waals surface area (Å²) in [5, 5.41) is 0. The average molecular weight is 265 g/mol. The average Bonchev–Trinajstić information content (AvgIpc) is 2.38. The predicted molar refractivity (Wildman–Crippen MR) is 69.4 cm³/mol. The minimum Gasteiger partial charge on any atom is -0.460 e. The molecule has 1 saturated heterocycles. The molecule has 104 valence electrons. The van der Waals surface area contributed by atoms with Crippen LogP contribution in [0, 0.1) is 11.7 Å². The number of nitrogens with zero attached hydrogens (tertiary/aromatic N) is 3. The lowest BCUT2D eigenvalue weighted by Crippen LogP contribution is -2.41. The van der Waals surface area contributed by atoms with Crippen LogP contribution in [0.25, 0.3) is 0 Å². The Bertz CT molecular complexity index is 400. The van der Waals surface area contributed by atoms with Crippen LogP contribution >= 0.6 is 0 Å². The highest BCUT2D eigenvalue weighted by molar-refractivity contribution is 4.96. The maximum absolute atomic E-state index is 12.7. The highest BCUT2D eigenvalue weighted by Gasteiger charge is 2.25. The first kappa shape index (κ1) is 12.8. The molecule has 0 aromatic carbocycles. The maximum Gasteiger partial charge on any atom is 0.316 e. The molecule has 4 nitrogen and oxygen atoms in total. The smallest absolute Gasteiger partial charge is 0.316 e. The summed E-state index contributed by atoms with van der Waals surface area (Å²) >= 11 is 0. The number of piperidine rings is 1. The summed E-state index contributed by atoms with van der Waals surface area (Å²) in [6, 6.07) is 0.291. The SMILES string of the molecule is Fc1cnc(OC2CCN(CC3CCC3)CC2)nc1. The normalized spacial score (nSPS) is 22.2. The first-order valence-electron chi connectivity index (χ1n) is 7.16. The molecular weight excluding hydrogens is 245 g/mol. The van der Waals surface area contributed by atoms with Crippen LogP contribution in [0.4, 0.5) is 4.39 Å². The van der Waals surface area contributed by atoms with Crippen molar-refractivity contribution in [2.75, 3.05) is 19.6 Å². The van der Waals surface area contributed by atoms with Crippen molar-refractivity contribution in [3.8, 4) is 6.01 Å². The van der Waals surface area contributed by atoms with Crippen molar-refractivity contribution in [1.82, 2.24) is 14.9 Å². The molecule has 19 heavy (non-hydrogen) atoms. The maximum atomic E-state index is 12.7. The summed E-state index contributed by atoms with van der Waals surface area (Å²) in [5.41, 5.74) is 0. The summed E-state index contributed by atoms with van der Waals surface area (Å²) < 4.78 is 18.4. The Labute approximate surface area is 113 Å². The number of hydrogen-bond acceptors (Lipinski definition) is 4. The fourth-order valence-corrected chi connectivity index (χ4v) is 2.76. The van der Waals surface area contributed by atoms with Crippen LogP contribution in [-0.2, 0) is 0 Å². The van der Waals surface area contributed by atoms with E-state index in [2.05, 4.69) is 14.9 Å². The Kier molecular flexibility index (Phi) is 3.92. The second-order valence-corrected chi connectivity index (χ2v) is 5.60. The first-order valence-corrected chi connectivity index (χ1v) is 7.16. The lowest BCUT2D eigenvalue weighted by Gasteiger charge is -2.36. The minimum atomic E-state index is -0.428. The van der Waals surface area contributed by atoms with Gasteiger partial charge in [0, 0.05) is 19.6 Å². The summed E-state index contributed by atoms with van der Waals surface area (Å²) in [7, 11) is 0. The van der Waals surface area contributed by atoms with E-state index in [1.807, 2.05) is 0 Å². The number of ether oxygens (including phenoxy) is 1. The van der Waals surface area contributed by atoms with Crippen molar-refractivity contribution in [1.29, 1.82) is 0 Å². The van der Waals surface area contributed by atoms with Gasteiger partial charge in [0.05, 0.1) is 12.4 Å². The highest BCUT2D eigenvalue weighted by atomic mass is 19.1. The quantitative estimate of drug-likeness (QED) is 0.837. The molecule has 3 rings (SSSR count). The van der Waals surface area contributed by atoms with E-state index in [0.29, 0.717) is 6.01 Å². The van der Waals surface area contributed by atoms with E-state index < -0.39 is 5.82 Å². The van der Waals surface area contributed by atoms with Crippen LogP contribution in [-0.4, -0.2) is 40.6 Å². The van der Waals surface area contributed by atoms with E-state index in [0.717, 1.165) is 44.2 Å². The van der Waals surface area contributed by atoms with Gasteiger partial charge >= 0.3 is 6.01 Å². The van der Waals surface area contributed by atoms with E-state index in [4.69, 9.17) is 4.74 Å². The van der Waals surface area contributed by atoms with E-state index in [1.54, 1.807) is 0 Å². The van der Waals surface area contributed by atoms with Crippen molar-refractivity contribution in [2.45, 2.75) is 38.2 Å². The molecule has 1 aromatic heterocycles. The molecule has 0 atom stereocenters. The van der Waals surface area contributed by atoms with Gasteiger partial charge in [-0.25, -0.2) is 14.4 Å². The second kappa shape index (κ2) is 5.82. The Hall–Kier alpha value is -1.23. The third-order valence-electron chi connectivity index (χ3n) is 4.14. The Morgan fingerprint density at radius 2 is 1.84 bits per heavy atom. The van der Waals surface area contributed by atoms with Gasteiger partial charge < -0.3 is 9.64 Å². The Morgan fingerprint density at radius 3 is 2.42 bits per heavy atom. The molecule has 1 aliphatic carbocycles. The lowest BCUT2D eigenvalue weighted by atomic mass is 9.85. The molecule has 0 bridgehead atoms. The van der Waals surface area contributed by atoms with Gasteiger partial charge in [0.15, 0.2) is 5.82 Å². The zero-order chi connectivity index (χ0) is 13.1. The molecule has 0 spiro atoms. The van der Waals surface area contributed by atoms with Crippen LogP contribution in [0.5, 0.6) is 6.01 Å². The summed E-state index contributed by atoms with van der Waals surface area (Å²) in [5.74, 6) is 0.501. The van der Waals surface area contributed by atoms with Gasteiger partial charge in [-0.2, -0.15) is 0 Å². The fraction of sp³-hybridized carbons (Fsp3) is 0.714. The molecule has 2 aliphatic rings. The molecule has 0 unspecified atom stereocenters. The molecule has 0 amide bonds. The number of halogens is 1. The van der Waals surface area contributed by atoms with Gasteiger partial charge in [0.1, 0.15) is 6.10 Å². The molecular formula is C14H20FN3O. The van der Waals surface area contributed by atoms with Crippen LogP contribution in [0.15, 0.2) is 12.4 Å². The standard InChI is InChI=1S/C14H20FN3O/c15-12-8-16-14(17-9-12)19-13-4-6-18(7-5-13)10-11-2-1-3-11/h8-9,11,13H,1-7,10H2. The summed E-state index contributed by atoms with van der Waals surface area (Å²) in [4.78, 5) is 10.2. The number of likely N-dealkylation sites (tertiary alicyclic amines) is 1. The van der Waals surface area contributed by atoms with Gasteiger partial charge in [-0.05, 0) is 31.6 Å². The zero-order valence-electron chi connectivity index (χ0n) is 11.1. The van der Waals surface area contributed by atoms with Gasteiger partial charge in [-0.1, -0.05) is 6.42 Å². The Morgan fingerprint density at radius 1 is 1.16 bits per heavy atom. The third-order valence-corrected chi connectivity index (χ3v) is 4.14. The van der Waals surface area contributed by atoms with Crippen molar-refractivity contribution < 1.29 is 9.13 Å². The number of rotatable bonds is 4. The van der Waals surface area contributed by atoms with Crippen LogP contribution in [0.3, 0.4) is 0 Å². The monoisotopic (exact) mass is 265 g/mol.